The lowest BCUT2D eigenvalue weighted by molar-refractivity contribution is 0.0697. The highest BCUT2D eigenvalue weighted by molar-refractivity contribution is 6.33. The van der Waals surface area contributed by atoms with Crippen molar-refractivity contribution in [3.8, 4) is 0 Å². The Labute approximate surface area is 119 Å². The monoisotopic (exact) mass is 284 g/mol. The summed E-state index contributed by atoms with van der Waals surface area (Å²) in [5.41, 5.74) is 0.969. The van der Waals surface area contributed by atoms with Crippen LogP contribution in [0.1, 0.15) is 24.2 Å². The number of hydrogen-bond acceptors (Lipinski definition) is 3. The minimum absolute atomic E-state index is 0.198. The molecule has 4 nitrogen and oxygen atoms in total. The minimum atomic E-state index is -0.970. The number of benzene rings is 1. The van der Waals surface area contributed by atoms with Crippen LogP contribution in [0.5, 0.6) is 0 Å². The first-order valence-electron chi connectivity index (χ1n) is 6.25. The number of carboxylic acids is 1. The number of hydrogen-bond donors (Lipinski definition) is 2. The molecule has 0 amide bonds. The van der Waals surface area contributed by atoms with Crippen molar-refractivity contribution >= 4 is 23.3 Å². The van der Waals surface area contributed by atoms with Gasteiger partial charge in [-0.15, -0.1) is 0 Å². The molecule has 1 atom stereocenters. The van der Waals surface area contributed by atoms with E-state index in [1.54, 1.807) is 12.1 Å². The number of nitrogens with zero attached hydrogens (tertiary/aromatic N) is 1. The highest BCUT2D eigenvalue weighted by Gasteiger charge is 2.16. The third-order valence-electron chi connectivity index (χ3n) is 2.92. The maximum absolute atomic E-state index is 10.9. The van der Waals surface area contributed by atoms with Crippen LogP contribution in [0.3, 0.4) is 0 Å². The Balaban J connectivity index is 2.88. The summed E-state index contributed by atoms with van der Waals surface area (Å²) in [6.45, 7) is 5.16. The Hall–Kier alpha value is -1.26. The summed E-state index contributed by atoms with van der Waals surface area (Å²) in [4.78, 5) is 13.0. The lowest BCUT2D eigenvalue weighted by Gasteiger charge is -2.27. The second-order valence-electron chi connectivity index (χ2n) is 5.26. The van der Waals surface area contributed by atoms with E-state index in [9.17, 15) is 4.79 Å². The number of aromatic carboxylic acids is 1. The van der Waals surface area contributed by atoms with Crippen LogP contribution in [-0.4, -0.2) is 42.7 Å². The van der Waals surface area contributed by atoms with E-state index in [0.717, 1.165) is 12.2 Å². The van der Waals surface area contributed by atoms with Crippen molar-refractivity contribution in [3.05, 3.63) is 28.8 Å². The predicted molar refractivity (Wildman–Crippen MR) is 79.2 cm³/mol. The van der Waals surface area contributed by atoms with Crippen LogP contribution in [0.25, 0.3) is 0 Å². The van der Waals surface area contributed by atoms with Crippen LogP contribution in [0.15, 0.2) is 18.2 Å². The second-order valence-corrected chi connectivity index (χ2v) is 5.66. The molecule has 1 aromatic carbocycles. The summed E-state index contributed by atoms with van der Waals surface area (Å²) in [7, 11) is 4.04. The van der Waals surface area contributed by atoms with E-state index < -0.39 is 5.97 Å². The van der Waals surface area contributed by atoms with Crippen LogP contribution in [0.4, 0.5) is 5.69 Å². The molecule has 0 radical (unpaired) electrons. The van der Waals surface area contributed by atoms with E-state index in [0.29, 0.717) is 10.9 Å². The van der Waals surface area contributed by atoms with Gasteiger partial charge in [-0.05, 0) is 38.2 Å². The molecular weight excluding hydrogens is 264 g/mol. The number of rotatable bonds is 6. The van der Waals surface area contributed by atoms with Gasteiger partial charge in [0.1, 0.15) is 0 Å². The number of nitrogens with one attached hydrogen (secondary N) is 1. The molecule has 106 valence electrons. The van der Waals surface area contributed by atoms with Crippen LogP contribution in [0.2, 0.25) is 5.02 Å². The van der Waals surface area contributed by atoms with Gasteiger partial charge in [0, 0.05) is 12.6 Å². The molecule has 0 aromatic heterocycles. The molecule has 5 heteroatoms. The van der Waals surface area contributed by atoms with Crippen molar-refractivity contribution in [1.29, 1.82) is 0 Å². The van der Waals surface area contributed by atoms with Crippen molar-refractivity contribution in [3.63, 3.8) is 0 Å². The first kappa shape index (κ1) is 15.8. The van der Waals surface area contributed by atoms with Gasteiger partial charge in [0.2, 0.25) is 0 Å². The van der Waals surface area contributed by atoms with E-state index in [1.807, 2.05) is 14.1 Å². The van der Waals surface area contributed by atoms with Crippen LogP contribution in [-0.2, 0) is 0 Å². The SMILES string of the molecule is CC(C)C(CN(C)C)Nc1ccc(C(=O)O)cc1Cl. The molecule has 1 unspecified atom stereocenters. The van der Waals surface area contributed by atoms with Gasteiger partial charge in [-0.3, -0.25) is 0 Å². The van der Waals surface area contributed by atoms with Gasteiger partial charge in [0.15, 0.2) is 0 Å². The number of halogens is 1. The topological polar surface area (TPSA) is 52.6 Å². The maximum Gasteiger partial charge on any atom is 0.335 e. The molecule has 0 saturated carbocycles. The zero-order valence-electron chi connectivity index (χ0n) is 11.8. The Morgan fingerprint density at radius 2 is 2.05 bits per heavy atom. The van der Waals surface area contributed by atoms with Crippen molar-refractivity contribution in [2.75, 3.05) is 26.0 Å². The first-order valence-corrected chi connectivity index (χ1v) is 6.63. The summed E-state index contributed by atoms with van der Waals surface area (Å²) in [5.74, 6) is -0.528. The van der Waals surface area contributed by atoms with Gasteiger partial charge in [0.05, 0.1) is 16.3 Å². The quantitative estimate of drug-likeness (QED) is 0.843. The molecule has 0 spiro atoms. The fraction of sp³-hybridized carbons (Fsp3) is 0.500. The van der Waals surface area contributed by atoms with Gasteiger partial charge < -0.3 is 15.3 Å². The van der Waals surface area contributed by atoms with E-state index in [1.165, 1.54) is 6.07 Å². The van der Waals surface area contributed by atoms with Crippen molar-refractivity contribution in [1.82, 2.24) is 4.90 Å². The number of anilines is 1. The van der Waals surface area contributed by atoms with E-state index in [-0.39, 0.29) is 11.6 Å². The fourth-order valence-corrected chi connectivity index (χ4v) is 2.02. The van der Waals surface area contributed by atoms with Crippen LogP contribution >= 0.6 is 11.6 Å². The fourth-order valence-electron chi connectivity index (χ4n) is 1.78. The van der Waals surface area contributed by atoms with Gasteiger partial charge in [0.25, 0.3) is 0 Å². The zero-order chi connectivity index (χ0) is 14.6. The third kappa shape index (κ3) is 4.73. The number of carbonyl (C=O) groups is 1. The van der Waals surface area contributed by atoms with Crippen LogP contribution < -0.4 is 5.32 Å². The zero-order valence-corrected chi connectivity index (χ0v) is 12.5. The molecule has 0 aliphatic heterocycles. The average molecular weight is 285 g/mol. The van der Waals surface area contributed by atoms with E-state index in [4.69, 9.17) is 16.7 Å². The largest absolute Gasteiger partial charge is 0.478 e. The molecular formula is C14H21ClN2O2. The molecule has 1 aromatic rings. The maximum atomic E-state index is 10.9. The summed E-state index contributed by atoms with van der Waals surface area (Å²) in [6, 6.07) is 5.00. The lowest BCUT2D eigenvalue weighted by atomic mass is 10.0. The third-order valence-corrected chi connectivity index (χ3v) is 3.24. The Morgan fingerprint density at radius 3 is 2.47 bits per heavy atom. The second kappa shape index (κ2) is 6.78. The van der Waals surface area contributed by atoms with E-state index in [2.05, 4.69) is 24.1 Å². The summed E-state index contributed by atoms with van der Waals surface area (Å²) >= 11 is 6.12. The average Bonchev–Trinajstić information content (AvgIpc) is 2.29. The van der Waals surface area contributed by atoms with Gasteiger partial charge in [-0.2, -0.15) is 0 Å². The molecule has 0 saturated heterocycles. The molecule has 0 aliphatic rings. The molecule has 0 aliphatic carbocycles. The normalized spacial score (nSPS) is 12.8. The van der Waals surface area contributed by atoms with Crippen molar-refractivity contribution < 1.29 is 9.90 Å². The number of likely N-dealkylation sites (N-methyl/N-ethyl adjacent to an activating group) is 1. The molecule has 19 heavy (non-hydrogen) atoms. The molecule has 0 bridgehead atoms. The lowest BCUT2D eigenvalue weighted by Crippen LogP contribution is -2.36. The van der Waals surface area contributed by atoms with Crippen LogP contribution in [0, 0.1) is 5.92 Å². The Morgan fingerprint density at radius 1 is 1.42 bits per heavy atom. The minimum Gasteiger partial charge on any atom is -0.478 e. The Bertz CT molecular complexity index is 447. The van der Waals surface area contributed by atoms with Gasteiger partial charge >= 0.3 is 5.97 Å². The summed E-state index contributed by atoms with van der Waals surface area (Å²) < 4.78 is 0. The standard InChI is InChI=1S/C14H21ClN2O2/c1-9(2)13(8-17(3)4)16-12-6-5-10(14(18)19)7-11(12)15/h5-7,9,13,16H,8H2,1-4H3,(H,18,19). The molecule has 0 fully saturated rings. The highest BCUT2D eigenvalue weighted by Crippen LogP contribution is 2.25. The Kier molecular flexibility index (Phi) is 5.63. The van der Waals surface area contributed by atoms with E-state index >= 15 is 0 Å². The number of carboxylic acid groups (broad SMARTS) is 1. The first-order chi connectivity index (χ1) is 8.81. The summed E-state index contributed by atoms with van der Waals surface area (Å²) in [6.07, 6.45) is 0. The highest BCUT2D eigenvalue weighted by atomic mass is 35.5. The van der Waals surface area contributed by atoms with Crippen molar-refractivity contribution in [2.45, 2.75) is 19.9 Å². The molecule has 2 N–H and O–H groups in total. The molecule has 0 heterocycles. The summed E-state index contributed by atoms with van der Waals surface area (Å²) in [5, 5.41) is 12.7. The molecule has 1 rings (SSSR count). The van der Waals surface area contributed by atoms with Gasteiger partial charge in [-0.25, -0.2) is 4.79 Å². The van der Waals surface area contributed by atoms with Crippen molar-refractivity contribution in [2.24, 2.45) is 5.92 Å². The predicted octanol–water partition coefficient (Wildman–Crippen LogP) is 3.04. The smallest absolute Gasteiger partial charge is 0.335 e. The van der Waals surface area contributed by atoms with Gasteiger partial charge in [-0.1, -0.05) is 25.4 Å².